The summed E-state index contributed by atoms with van der Waals surface area (Å²) in [4.78, 5) is 25.5. The zero-order valence-corrected chi connectivity index (χ0v) is 14.9. The summed E-state index contributed by atoms with van der Waals surface area (Å²) < 4.78 is 13.5. The molecule has 2 aromatic carbocycles. The van der Waals surface area contributed by atoms with Gasteiger partial charge in [0.05, 0.1) is 34.5 Å². The number of carbonyl (C=O) groups excluding carboxylic acids is 2. The molecular formula is C17H16Cl2FN3O2. The highest BCUT2D eigenvalue weighted by Crippen LogP contribution is 2.29. The summed E-state index contributed by atoms with van der Waals surface area (Å²) in [6, 6.07) is 10.7. The van der Waals surface area contributed by atoms with Gasteiger partial charge in [-0.3, -0.25) is 14.5 Å². The van der Waals surface area contributed by atoms with Crippen molar-refractivity contribution in [3.63, 3.8) is 0 Å². The molecule has 0 bridgehead atoms. The number of amides is 2. The van der Waals surface area contributed by atoms with Crippen LogP contribution in [0.4, 0.5) is 15.8 Å². The second kappa shape index (κ2) is 8.80. The summed E-state index contributed by atoms with van der Waals surface area (Å²) in [5.41, 5.74) is 0.410. The van der Waals surface area contributed by atoms with Crippen molar-refractivity contribution in [1.82, 2.24) is 4.90 Å². The monoisotopic (exact) mass is 383 g/mol. The van der Waals surface area contributed by atoms with Gasteiger partial charge in [0.15, 0.2) is 0 Å². The molecule has 25 heavy (non-hydrogen) atoms. The van der Waals surface area contributed by atoms with Crippen LogP contribution in [0.2, 0.25) is 10.0 Å². The lowest BCUT2D eigenvalue weighted by molar-refractivity contribution is -0.119. The maximum absolute atomic E-state index is 13.5. The van der Waals surface area contributed by atoms with Gasteiger partial charge in [-0.1, -0.05) is 41.4 Å². The zero-order chi connectivity index (χ0) is 18.4. The van der Waals surface area contributed by atoms with Gasteiger partial charge in [0.2, 0.25) is 11.8 Å². The van der Waals surface area contributed by atoms with Gasteiger partial charge in [0.1, 0.15) is 5.82 Å². The van der Waals surface area contributed by atoms with Gasteiger partial charge in [-0.05, 0) is 31.3 Å². The summed E-state index contributed by atoms with van der Waals surface area (Å²) in [7, 11) is 1.59. The minimum atomic E-state index is -0.524. The number of anilines is 2. The second-order valence-electron chi connectivity index (χ2n) is 5.35. The highest BCUT2D eigenvalue weighted by Gasteiger charge is 2.14. The SMILES string of the molecule is CN(CC(=O)Nc1ccccc1F)CC(=O)Nc1c(Cl)cccc1Cl. The molecule has 8 heteroatoms. The molecule has 0 aromatic heterocycles. The highest BCUT2D eigenvalue weighted by molar-refractivity contribution is 6.39. The third kappa shape index (κ3) is 5.70. The van der Waals surface area contributed by atoms with Crippen LogP contribution in [-0.4, -0.2) is 36.9 Å². The first kappa shape index (κ1) is 19.2. The van der Waals surface area contributed by atoms with Crippen LogP contribution in [0.15, 0.2) is 42.5 Å². The molecule has 0 spiro atoms. The van der Waals surface area contributed by atoms with E-state index < -0.39 is 11.7 Å². The lowest BCUT2D eigenvalue weighted by Gasteiger charge is -2.17. The number of hydrogen-bond acceptors (Lipinski definition) is 3. The minimum absolute atomic E-state index is 0.0633. The van der Waals surface area contributed by atoms with E-state index in [-0.39, 0.29) is 24.7 Å². The standard InChI is InChI=1S/C17H16Cl2FN3O2/c1-23(9-15(24)21-14-8-3-2-7-13(14)20)10-16(25)22-17-11(18)5-4-6-12(17)19/h2-8H,9-10H2,1H3,(H,21,24)(H,22,25). The molecule has 2 aromatic rings. The molecule has 0 aliphatic carbocycles. The van der Waals surface area contributed by atoms with Crippen molar-refractivity contribution in [3.8, 4) is 0 Å². The van der Waals surface area contributed by atoms with Crippen molar-refractivity contribution in [2.75, 3.05) is 30.8 Å². The topological polar surface area (TPSA) is 61.4 Å². The van der Waals surface area contributed by atoms with Crippen LogP contribution in [0.1, 0.15) is 0 Å². The van der Waals surface area contributed by atoms with Crippen LogP contribution in [0, 0.1) is 5.82 Å². The van der Waals surface area contributed by atoms with E-state index in [0.717, 1.165) is 0 Å². The van der Waals surface area contributed by atoms with E-state index in [9.17, 15) is 14.0 Å². The van der Waals surface area contributed by atoms with Crippen molar-refractivity contribution < 1.29 is 14.0 Å². The summed E-state index contributed by atoms with van der Waals surface area (Å²) >= 11 is 12.0. The predicted octanol–water partition coefficient (Wildman–Crippen LogP) is 3.64. The Morgan fingerprint density at radius 2 is 1.52 bits per heavy atom. The van der Waals surface area contributed by atoms with Crippen LogP contribution in [-0.2, 0) is 9.59 Å². The molecule has 0 heterocycles. The lowest BCUT2D eigenvalue weighted by Crippen LogP contribution is -2.36. The molecule has 2 N–H and O–H groups in total. The highest BCUT2D eigenvalue weighted by atomic mass is 35.5. The van der Waals surface area contributed by atoms with Gasteiger partial charge in [-0.25, -0.2) is 4.39 Å². The van der Waals surface area contributed by atoms with Crippen molar-refractivity contribution in [2.45, 2.75) is 0 Å². The Kier molecular flexibility index (Phi) is 6.75. The van der Waals surface area contributed by atoms with Gasteiger partial charge in [-0.2, -0.15) is 0 Å². The van der Waals surface area contributed by atoms with Crippen molar-refractivity contribution in [3.05, 3.63) is 58.3 Å². The third-order valence-corrected chi connectivity index (χ3v) is 3.83. The fraction of sp³-hybridized carbons (Fsp3) is 0.176. The summed E-state index contributed by atoms with van der Waals surface area (Å²) in [6.07, 6.45) is 0. The maximum atomic E-state index is 13.5. The zero-order valence-electron chi connectivity index (χ0n) is 13.4. The van der Waals surface area contributed by atoms with Crippen molar-refractivity contribution >= 4 is 46.4 Å². The molecule has 0 aliphatic heterocycles. The fourth-order valence-electron chi connectivity index (χ4n) is 2.09. The minimum Gasteiger partial charge on any atom is -0.322 e. The number of hydrogen-bond donors (Lipinski definition) is 2. The van der Waals surface area contributed by atoms with Gasteiger partial charge in [-0.15, -0.1) is 0 Å². The molecule has 2 amide bonds. The summed E-state index contributed by atoms with van der Waals surface area (Å²) in [5.74, 6) is -1.34. The van der Waals surface area contributed by atoms with Crippen molar-refractivity contribution in [1.29, 1.82) is 0 Å². The van der Waals surface area contributed by atoms with Crippen molar-refractivity contribution in [2.24, 2.45) is 0 Å². The van der Waals surface area contributed by atoms with Crippen LogP contribution >= 0.6 is 23.2 Å². The Bertz CT molecular complexity index is 766. The van der Waals surface area contributed by atoms with Gasteiger partial charge < -0.3 is 10.6 Å². The molecule has 0 unspecified atom stereocenters. The lowest BCUT2D eigenvalue weighted by atomic mass is 10.3. The number of nitrogens with zero attached hydrogens (tertiary/aromatic N) is 1. The van der Waals surface area contributed by atoms with Gasteiger partial charge in [0, 0.05) is 0 Å². The van der Waals surface area contributed by atoms with Crippen LogP contribution in [0.25, 0.3) is 0 Å². The van der Waals surface area contributed by atoms with E-state index in [4.69, 9.17) is 23.2 Å². The van der Waals surface area contributed by atoms with Crippen LogP contribution < -0.4 is 10.6 Å². The van der Waals surface area contributed by atoms with Gasteiger partial charge in [0.25, 0.3) is 0 Å². The number of benzene rings is 2. The Balaban J connectivity index is 1.87. The Morgan fingerprint density at radius 1 is 0.960 bits per heavy atom. The second-order valence-corrected chi connectivity index (χ2v) is 6.16. The molecule has 132 valence electrons. The number of rotatable bonds is 6. The molecule has 0 atom stereocenters. The first-order valence-electron chi connectivity index (χ1n) is 7.33. The molecule has 0 aliphatic rings. The first-order chi connectivity index (χ1) is 11.9. The van der Waals surface area contributed by atoms with Gasteiger partial charge >= 0.3 is 0 Å². The molecule has 0 radical (unpaired) electrons. The average molecular weight is 384 g/mol. The first-order valence-corrected chi connectivity index (χ1v) is 8.09. The van der Waals surface area contributed by atoms with E-state index in [1.807, 2.05) is 0 Å². The Hall–Kier alpha value is -2.15. The molecule has 0 saturated carbocycles. The normalized spacial score (nSPS) is 10.6. The van der Waals surface area contributed by atoms with Crippen LogP contribution in [0.5, 0.6) is 0 Å². The molecular weight excluding hydrogens is 368 g/mol. The summed E-state index contributed by atoms with van der Waals surface area (Å²) in [5, 5.41) is 5.70. The van der Waals surface area contributed by atoms with E-state index in [0.29, 0.717) is 15.7 Å². The maximum Gasteiger partial charge on any atom is 0.238 e. The number of para-hydroxylation sites is 2. The molecule has 0 fully saturated rings. The number of likely N-dealkylation sites (N-methyl/N-ethyl adjacent to an activating group) is 1. The third-order valence-electron chi connectivity index (χ3n) is 3.20. The summed E-state index contributed by atoms with van der Waals surface area (Å²) in [6.45, 7) is -0.149. The van der Waals surface area contributed by atoms with E-state index in [2.05, 4.69) is 10.6 Å². The molecule has 2 rings (SSSR count). The Morgan fingerprint density at radius 3 is 2.12 bits per heavy atom. The predicted molar refractivity (Wildman–Crippen MR) is 97.6 cm³/mol. The molecule has 5 nitrogen and oxygen atoms in total. The van der Waals surface area contributed by atoms with E-state index >= 15 is 0 Å². The number of halogens is 3. The fourth-order valence-corrected chi connectivity index (χ4v) is 2.59. The number of nitrogens with one attached hydrogen (secondary N) is 2. The van der Waals surface area contributed by atoms with Crippen LogP contribution in [0.3, 0.4) is 0 Å². The molecule has 0 saturated heterocycles. The van der Waals surface area contributed by atoms with E-state index in [1.165, 1.54) is 23.1 Å². The average Bonchev–Trinajstić information content (AvgIpc) is 2.53. The quantitative estimate of drug-likeness (QED) is 0.800. The number of carbonyl (C=O) groups is 2. The van der Waals surface area contributed by atoms with E-state index in [1.54, 1.807) is 31.3 Å². The largest absolute Gasteiger partial charge is 0.322 e. The smallest absolute Gasteiger partial charge is 0.238 e. The Labute approximate surface area is 154 Å².